The fourth-order valence-electron chi connectivity index (χ4n) is 2.19. The SMILES string of the molecule is O=C(O)c1c(O)c(-c2ccccc2Cl)cc2nccnc12. The number of hydrogen-bond donors (Lipinski definition) is 2. The fourth-order valence-corrected chi connectivity index (χ4v) is 2.42. The largest absolute Gasteiger partial charge is 0.506 e. The zero-order valence-electron chi connectivity index (χ0n) is 10.6. The van der Waals surface area contributed by atoms with Gasteiger partial charge in [0.2, 0.25) is 0 Å². The first kappa shape index (κ1) is 13.3. The van der Waals surface area contributed by atoms with E-state index in [0.717, 1.165) is 0 Å². The van der Waals surface area contributed by atoms with Gasteiger partial charge >= 0.3 is 5.97 Å². The predicted octanol–water partition coefficient (Wildman–Crippen LogP) is 3.35. The summed E-state index contributed by atoms with van der Waals surface area (Å²) in [7, 11) is 0. The molecule has 0 unspecified atom stereocenters. The number of carbonyl (C=O) groups is 1. The van der Waals surface area contributed by atoms with Crippen LogP contribution in [0.5, 0.6) is 5.75 Å². The highest BCUT2D eigenvalue weighted by atomic mass is 35.5. The van der Waals surface area contributed by atoms with E-state index >= 15 is 0 Å². The number of halogens is 1. The Hall–Kier alpha value is -2.66. The van der Waals surface area contributed by atoms with Crippen molar-refractivity contribution in [2.24, 2.45) is 0 Å². The molecular formula is C15H9ClN2O3. The van der Waals surface area contributed by atoms with E-state index in [9.17, 15) is 15.0 Å². The smallest absolute Gasteiger partial charge is 0.341 e. The van der Waals surface area contributed by atoms with E-state index < -0.39 is 5.97 Å². The molecule has 0 radical (unpaired) electrons. The minimum absolute atomic E-state index is 0.137. The van der Waals surface area contributed by atoms with Crippen molar-refractivity contribution in [3.05, 3.63) is 53.3 Å². The molecule has 2 aromatic carbocycles. The van der Waals surface area contributed by atoms with Crippen LogP contribution >= 0.6 is 11.6 Å². The van der Waals surface area contributed by atoms with Crippen LogP contribution in [0, 0.1) is 0 Å². The Morgan fingerprint density at radius 2 is 1.81 bits per heavy atom. The van der Waals surface area contributed by atoms with Gasteiger partial charge in [-0.3, -0.25) is 9.97 Å². The summed E-state index contributed by atoms with van der Waals surface area (Å²) in [5, 5.41) is 20.1. The normalized spacial score (nSPS) is 10.7. The molecule has 0 spiro atoms. The van der Waals surface area contributed by atoms with E-state index in [1.54, 1.807) is 30.3 Å². The lowest BCUT2D eigenvalue weighted by molar-refractivity contribution is 0.0696. The Morgan fingerprint density at radius 3 is 2.52 bits per heavy atom. The minimum atomic E-state index is -1.27. The van der Waals surface area contributed by atoms with Gasteiger partial charge < -0.3 is 10.2 Å². The molecule has 2 N–H and O–H groups in total. The molecule has 0 fully saturated rings. The van der Waals surface area contributed by atoms with Gasteiger partial charge in [0.15, 0.2) is 0 Å². The monoisotopic (exact) mass is 300 g/mol. The van der Waals surface area contributed by atoms with Gasteiger partial charge in [-0.25, -0.2) is 4.79 Å². The summed E-state index contributed by atoms with van der Waals surface area (Å²) in [6, 6.07) is 8.44. The van der Waals surface area contributed by atoms with Crippen molar-refractivity contribution in [1.82, 2.24) is 9.97 Å². The lowest BCUT2D eigenvalue weighted by atomic mass is 9.99. The molecule has 3 aromatic rings. The molecule has 0 aliphatic rings. The highest BCUT2D eigenvalue weighted by molar-refractivity contribution is 6.33. The van der Waals surface area contributed by atoms with Gasteiger partial charge in [-0.1, -0.05) is 29.8 Å². The standard InChI is InChI=1S/C15H9ClN2O3/c16-10-4-2-1-3-8(10)9-7-11-13(18-6-5-17-11)12(14(9)19)15(20)21/h1-7,19H,(H,20,21). The second kappa shape index (κ2) is 5.03. The Kier molecular flexibility index (Phi) is 3.19. The summed E-state index contributed by atoms with van der Waals surface area (Å²) in [5.74, 6) is -1.64. The molecule has 0 saturated heterocycles. The molecule has 104 valence electrons. The number of rotatable bonds is 2. The highest BCUT2D eigenvalue weighted by Gasteiger charge is 2.21. The second-order valence-corrected chi connectivity index (χ2v) is 4.76. The van der Waals surface area contributed by atoms with E-state index in [2.05, 4.69) is 9.97 Å². The predicted molar refractivity (Wildman–Crippen MR) is 78.6 cm³/mol. The van der Waals surface area contributed by atoms with Crippen molar-refractivity contribution in [3.63, 3.8) is 0 Å². The summed E-state index contributed by atoms with van der Waals surface area (Å²) < 4.78 is 0. The number of aromatic nitrogens is 2. The van der Waals surface area contributed by atoms with E-state index in [1.807, 2.05) is 0 Å². The maximum Gasteiger partial charge on any atom is 0.341 e. The van der Waals surface area contributed by atoms with Gasteiger partial charge in [0.25, 0.3) is 0 Å². The summed E-state index contributed by atoms with van der Waals surface area (Å²) >= 11 is 6.12. The number of carboxylic acid groups (broad SMARTS) is 1. The lowest BCUT2D eigenvalue weighted by Gasteiger charge is -2.11. The first-order valence-electron chi connectivity index (χ1n) is 6.04. The third kappa shape index (κ3) is 2.17. The zero-order chi connectivity index (χ0) is 15.0. The van der Waals surface area contributed by atoms with Crippen molar-refractivity contribution in [2.75, 3.05) is 0 Å². The molecule has 1 heterocycles. The minimum Gasteiger partial charge on any atom is -0.506 e. The number of phenols is 1. The average Bonchev–Trinajstić information content (AvgIpc) is 2.47. The van der Waals surface area contributed by atoms with E-state index in [0.29, 0.717) is 21.7 Å². The number of benzene rings is 2. The molecule has 0 aliphatic heterocycles. The molecule has 0 bridgehead atoms. The Morgan fingerprint density at radius 1 is 1.10 bits per heavy atom. The molecule has 6 heteroatoms. The van der Waals surface area contributed by atoms with Crippen LogP contribution in [0.1, 0.15) is 10.4 Å². The summed E-state index contributed by atoms with van der Waals surface area (Å²) in [6.07, 6.45) is 2.84. The van der Waals surface area contributed by atoms with Crippen LogP contribution in [0.25, 0.3) is 22.2 Å². The molecule has 0 aliphatic carbocycles. The van der Waals surface area contributed by atoms with E-state index in [4.69, 9.17) is 11.6 Å². The van der Waals surface area contributed by atoms with Crippen LogP contribution in [0.3, 0.4) is 0 Å². The quantitative estimate of drug-likeness (QED) is 0.758. The van der Waals surface area contributed by atoms with Crippen molar-refractivity contribution in [1.29, 1.82) is 0 Å². The van der Waals surface area contributed by atoms with Gasteiger partial charge in [0.1, 0.15) is 16.8 Å². The first-order chi connectivity index (χ1) is 10.1. The number of hydrogen-bond acceptors (Lipinski definition) is 4. The zero-order valence-corrected chi connectivity index (χ0v) is 11.4. The molecule has 3 rings (SSSR count). The van der Waals surface area contributed by atoms with Gasteiger partial charge in [0.05, 0.1) is 5.52 Å². The highest BCUT2D eigenvalue weighted by Crippen LogP contribution is 2.39. The van der Waals surface area contributed by atoms with Gasteiger partial charge in [-0.15, -0.1) is 0 Å². The van der Waals surface area contributed by atoms with Crippen LogP contribution in [0.15, 0.2) is 42.7 Å². The third-order valence-corrected chi connectivity index (χ3v) is 3.44. The van der Waals surface area contributed by atoms with Crippen molar-refractivity contribution < 1.29 is 15.0 Å². The fraction of sp³-hybridized carbons (Fsp3) is 0. The average molecular weight is 301 g/mol. The van der Waals surface area contributed by atoms with Crippen molar-refractivity contribution in [3.8, 4) is 16.9 Å². The van der Waals surface area contributed by atoms with Crippen LogP contribution in [-0.4, -0.2) is 26.2 Å². The summed E-state index contributed by atoms with van der Waals surface area (Å²) in [6.45, 7) is 0. The molecule has 21 heavy (non-hydrogen) atoms. The molecule has 0 atom stereocenters. The van der Waals surface area contributed by atoms with Crippen molar-refractivity contribution >= 4 is 28.6 Å². The summed E-state index contributed by atoms with van der Waals surface area (Å²) in [5.41, 5.74) is 1.08. The number of fused-ring (bicyclic) bond motifs is 1. The number of nitrogens with zero attached hydrogens (tertiary/aromatic N) is 2. The molecule has 0 amide bonds. The van der Waals surface area contributed by atoms with E-state index in [-0.39, 0.29) is 16.8 Å². The summed E-state index contributed by atoms with van der Waals surface area (Å²) in [4.78, 5) is 19.5. The van der Waals surface area contributed by atoms with Crippen LogP contribution in [-0.2, 0) is 0 Å². The number of aromatic carboxylic acids is 1. The lowest BCUT2D eigenvalue weighted by Crippen LogP contribution is -2.02. The molecule has 0 saturated carbocycles. The van der Waals surface area contributed by atoms with Crippen LogP contribution in [0.2, 0.25) is 5.02 Å². The molecular weight excluding hydrogens is 292 g/mol. The molecule has 5 nitrogen and oxygen atoms in total. The Balaban J connectivity index is 2.43. The number of aromatic hydroxyl groups is 1. The van der Waals surface area contributed by atoms with Crippen molar-refractivity contribution in [2.45, 2.75) is 0 Å². The van der Waals surface area contributed by atoms with Crippen LogP contribution in [0.4, 0.5) is 0 Å². The van der Waals surface area contributed by atoms with E-state index in [1.165, 1.54) is 12.4 Å². The van der Waals surface area contributed by atoms with Crippen LogP contribution < -0.4 is 0 Å². The first-order valence-corrected chi connectivity index (χ1v) is 6.42. The topological polar surface area (TPSA) is 83.3 Å². The maximum atomic E-state index is 11.4. The number of carboxylic acids is 1. The van der Waals surface area contributed by atoms with Gasteiger partial charge in [-0.2, -0.15) is 0 Å². The second-order valence-electron chi connectivity index (χ2n) is 4.36. The molecule has 1 aromatic heterocycles. The van der Waals surface area contributed by atoms with Gasteiger partial charge in [-0.05, 0) is 12.1 Å². The maximum absolute atomic E-state index is 11.4. The Bertz CT molecular complexity index is 865. The Labute approximate surface area is 124 Å². The third-order valence-electron chi connectivity index (χ3n) is 3.11. The van der Waals surface area contributed by atoms with Gasteiger partial charge in [0, 0.05) is 28.5 Å².